The summed E-state index contributed by atoms with van der Waals surface area (Å²) >= 11 is 0. The molecule has 3 nitrogen and oxygen atoms in total. The van der Waals surface area contributed by atoms with Crippen molar-refractivity contribution >= 4 is 5.69 Å². The highest BCUT2D eigenvalue weighted by Crippen LogP contribution is 2.25. The highest BCUT2D eigenvalue weighted by molar-refractivity contribution is 5.63. The monoisotopic (exact) mass is 399 g/mol. The fraction of sp³-hybridized carbons (Fsp3) is 0.370. The van der Waals surface area contributed by atoms with Crippen LogP contribution >= 0.6 is 0 Å². The molecule has 0 spiro atoms. The molecule has 3 heteroatoms. The summed E-state index contributed by atoms with van der Waals surface area (Å²) in [5, 5.41) is 3.70. The fourth-order valence-electron chi connectivity index (χ4n) is 4.29. The highest BCUT2D eigenvalue weighted by atomic mass is 15.1. The van der Waals surface area contributed by atoms with Crippen LogP contribution < -0.4 is 5.32 Å². The standard InChI is InChI=1S/C27H33N3/c1-19-5-7-25(8-6-19)29-26-10-13-30(14-11-26)18-23-9-12-28-27(17-23)24-15-20(2)22(4)21(3)16-24/h5-9,12,15-17,26,29H,10-11,13-14,18H2,1-4H3. The first-order valence-electron chi connectivity index (χ1n) is 11.1. The van der Waals surface area contributed by atoms with Gasteiger partial charge >= 0.3 is 0 Å². The lowest BCUT2D eigenvalue weighted by Gasteiger charge is -2.33. The molecule has 1 N–H and O–H groups in total. The topological polar surface area (TPSA) is 28.2 Å². The number of piperidine rings is 1. The summed E-state index contributed by atoms with van der Waals surface area (Å²) in [4.78, 5) is 7.22. The van der Waals surface area contributed by atoms with E-state index in [1.165, 1.54) is 51.9 Å². The Kier molecular flexibility index (Phi) is 6.19. The highest BCUT2D eigenvalue weighted by Gasteiger charge is 2.19. The van der Waals surface area contributed by atoms with Crippen molar-refractivity contribution in [3.8, 4) is 11.3 Å². The molecule has 1 aliphatic rings. The van der Waals surface area contributed by atoms with E-state index in [1.54, 1.807) is 0 Å². The Morgan fingerprint density at radius 3 is 2.23 bits per heavy atom. The number of rotatable bonds is 5. The summed E-state index contributed by atoms with van der Waals surface area (Å²) in [6.07, 6.45) is 4.32. The predicted octanol–water partition coefficient (Wildman–Crippen LogP) is 6.06. The molecule has 1 aliphatic heterocycles. The molecule has 4 rings (SSSR count). The number of aryl methyl sites for hydroxylation is 3. The van der Waals surface area contributed by atoms with Gasteiger partial charge in [-0.25, -0.2) is 0 Å². The van der Waals surface area contributed by atoms with Gasteiger partial charge in [0.15, 0.2) is 0 Å². The molecule has 0 radical (unpaired) electrons. The predicted molar refractivity (Wildman–Crippen MR) is 127 cm³/mol. The summed E-state index contributed by atoms with van der Waals surface area (Å²) in [6, 6.07) is 18.2. The number of pyridine rings is 1. The molecule has 1 fully saturated rings. The van der Waals surface area contributed by atoms with E-state index in [-0.39, 0.29) is 0 Å². The van der Waals surface area contributed by atoms with E-state index in [1.807, 2.05) is 6.20 Å². The maximum atomic E-state index is 4.65. The van der Waals surface area contributed by atoms with E-state index in [4.69, 9.17) is 0 Å². The van der Waals surface area contributed by atoms with E-state index in [0.29, 0.717) is 6.04 Å². The molecule has 1 saturated heterocycles. The molecule has 0 aliphatic carbocycles. The van der Waals surface area contributed by atoms with Crippen LogP contribution in [0.25, 0.3) is 11.3 Å². The summed E-state index contributed by atoms with van der Waals surface area (Å²) in [5.74, 6) is 0. The normalized spacial score (nSPS) is 15.3. The van der Waals surface area contributed by atoms with Gasteiger partial charge in [-0.15, -0.1) is 0 Å². The van der Waals surface area contributed by atoms with Gasteiger partial charge in [-0.2, -0.15) is 0 Å². The van der Waals surface area contributed by atoms with Gasteiger partial charge in [0.05, 0.1) is 5.69 Å². The summed E-state index contributed by atoms with van der Waals surface area (Å²) < 4.78 is 0. The van der Waals surface area contributed by atoms with Crippen molar-refractivity contribution < 1.29 is 0 Å². The van der Waals surface area contributed by atoms with Crippen LogP contribution in [-0.2, 0) is 6.54 Å². The van der Waals surface area contributed by atoms with Gasteiger partial charge in [-0.1, -0.05) is 17.7 Å². The lowest BCUT2D eigenvalue weighted by atomic mass is 9.98. The molecule has 0 amide bonds. The molecule has 0 atom stereocenters. The number of nitrogens with zero attached hydrogens (tertiary/aromatic N) is 2. The van der Waals surface area contributed by atoms with E-state index >= 15 is 0 Å². The second kappa shape index (κ2) is 9.01. The number of nitrogens with one attached hydrogen (secondary N) is 1. The number of hydrogen-bond donors (Lipinski definition) is 1. The van der Waals surface area contributed by atoms with Gasteiger partial charge < -0.3 is 5.32 Å². The molecule has 0 saturated carbocycles. The largest absolute Gasteiger partial charge is 0.382 e. The molecular formula is C27H33N3. The summed E-state index contributed by atoms with van der Waals surface area (Å²) in [5.41, 5.74) is 10.2. The van der Waals surface area contributed by atoms with E-state index in [0.717, 1.165) is 25.3 Å². The van der Waals surface area contributed by atoms with Crippen LogP contribution in [0.5, 0.6) is 0 Å². The minimum atomic E-state index is 0.565. The van der Waals surface area contributed by atoms with E-state index in [9.17, 15) is 0 Å². The van der Waals surface area contributed by atoms with Crippen LogP contribution in [-0.4, -0.2) is 29.0 Å². The van der Waals surface area contributed by atoms with Crippen molar-refractivity contribution in [2.45, 2.75) is 53.1 Å². The van der Waals surface area contributed by atoms with Gasteiger partial charge in [0.25, 0.3) is 0 Å². The van der Waals surface area contributed by atoms with Crippen molar-refractivity contribution in [3.05, 3.63) is 82.5 Å². The third-order valence-electron chi connectivity index (χ3n) is 6.46. The quantitative estimate of drug-likeness (QED) is 0.565. The third-order valence-corrected chi connectivity index (χ3v) is 6.46. The second-order valence-electron chi connectivity index (χ2n) is 8.85. The molecule has 156 valence electrons. The number of aromatic nitrogens is 1. The molecule has 2 aromatic carbocycles. The van der Waals surface area contributed by atoms with Gasteiger partial charge in [0.1, 0.15) is 0 Å². The average Bonchev–Trinajstić information content (AvgIpc) is 2.75. The van der Waals surface area contributed by atoms with Gasteiger partial charge in [0.2, 0.25) is 0 Å². The van der Waals surface area contributed by atoms with Crippen LogP contribution in [0, 0.1) is 27.7 Å². The number of benzene rings is 2. The zero-order valence-corrected chi connectivity index (χ0v) is 18.7. The molecule has 1 aromatic heterocycles. The fourth-order valence-corrected chi connectivity index (χ4v) is 4.29. The molecule has 30 heavy (non-hydrogen) atoms. The zero-order valence-electron chi connectivity index (χ0n) is 18.7. The van der Waals surface area contributed by atoms with Crippen molar-refractivity contribution in [2.24, 2.45) is 0 Å². The zero-order chi connectivity index (χ0) is 21.1. The SMILES string of the molecule is Cc1ccc(NC2CCN(Cc3ccnc(-c4cc(C)c(C)c(C)c4)c3)CC2)cc1. The van der Waals surface area contributed by atoms with Gasteiger partial charge in [-0.05, 0) is 99.2 Å². The van der Waals surface area contributed by atoms with Crippen molar-refractivity contribution in [1.82, 2.24) is 9.88 Å². The minimum Gasteiger partial charge on any atom is -0.382 e. The Morgan fingerprint density at radius 2 is 1.57 bits per heavy atom. The summed E-state index contributed by atoms with van der Waals surface area (Å²) in [7, 11) is 0. The van der Waals surface area contributed by atoms with Crippen LogP contribution in [0.3, 0.4) is 0 Å². The minimum absolute atomic E-state index is 0.565. The summed E-state index contributed by atoms with van der Waals surface area (Å²) in [6.45, 7) is 11.9. The van der Waals surface area contributed by atoms with Crippen molar-refractivity contribution in [2.75, 3.05) is 18.4 Å². The maximum absolute atomic E-state index is 4.65. The Balaban J connectivity index is 1.36. The molecule has 3 aromatic rings. The number of anilines is 1. The first kappa shape index (κ1) is 20.6. The van der Waals surface area contributed by atoms with Crippen molar-refractivity contribution in [3.63, 3.8) is 0 Å². The Bertz CT molecular complexity index is 976. The second-order valence-corrected chi connectivity index (χ2v) is 8.85. The van der Waals surface area contributed by atoms with E-state index in [2.05, 4.69) is 91.4 Å². The first-order valence-corrected chi connectivity index (χ1v) is 11.1. The first-order chi connectivity index (χ1) is 14.5. The number of hydrogen-bond acceptors (Lipinski definition) is 3. The Hall–Kier alpha value is -2.65. The maximum Gasteiger partial charge on any atom is 0.0705 e. The van der Waals surface area contributed by atoms with Crippen LogP contribution in [0.2, 0.25) is 0 Å². The van der Waals surface area contributed by atoms with Crippen LogP contribution in [0.4, 0.5) is 5.69 Å². The van der Waals surface area contributed by atoms with E-state index < -0.39 is 0 Å². The molecular weight excluding hydrogens is 366 g/mol. The third kappa shape index (κ3) is 4.91. The molecule has 0 bridgehead atoms. The number of likely N-dealkylation sites (tertiary alicyclic amines) is 1. The average molecular weight is 400 g/mol. The molecule has 2 heterocycles. The molecule has 0 unspecified atom stereocenters. The van der Waals surface area contributed by atoms with Crippen LogP contribution in [0.15, 0.2) is 54.7 Å². The lowest BCUT2D eigenvalue weighted by Crippen LogP contribution is -2.38. The van der Waals surface area contributed by atoms with Gasteiger partial charge in [-0.3, -0.25) is 9.88 Å². The Morgan fingerprint density at radius 1 is 0.900 bits per heavy atom. The lowest BCUT2D eigenvalue weighted by molar-refractivity contribution is 0.211. The van der Waals surface area contributed by atoms with Crippen LogP contribution in [0.1, 0.15) is 40.7 Å². The smallest absolute Gasteiger partial charge is 0.0705 e. The van der Waals surface area contributed by atoms with Gasteiger partial charge in [0, 0.05) is 43.1 Å². The Labute approximate surface area is 181 Å². The van der Waals surface area contributed by atoms with Crippen molar-refractivity contribution in [1.29, 1.82) is 0 Å².